The molecule has 0 amide bonds. The maximum Gasteiger partial charge on any atom is -0.0352 e. The largest absolute Gasteiger partial charge is 0.0651 e. The average Bonchev–Trinajstić information content (AvgIpc) is 2.74. The second kappa shape index (κ2) is 2.25. The van der Waals surface area contributed by atoms with E-state index < -0.39 is 0 Å². The summed E-state index contributed by atoms with van der Waals surface area (Å²) in [6.07, 6.45) is 6.07. The molecule has 0 aromatic carbocycles. The highest BCUT2D eigenvalue weighted by Crippen LogP contribution is 2.57. The maximum atomic E-state index is 2.42. The molecule has 0 saturated heterocycles. The molecule has 0 aromatic heterocycles. The first-order chi connectivity index (χ1) is 4.83. The van der Waals surface area contributed by atoms with Crippen LogP contribution in [-0.2, 0) is 0 Å². The second-order valence-corrected chi connectivity index (χ2v) is 4.29. The fraction of sp³-hybridized carbons (Fsp3) is 1.00. The molecule has 0 nitrogen and oxygen atoms in total. The summed E-state index contributed by atoms with van der Waals surface area (Å²) >= 11 is 0. The lowest BCUT2D eigenvalue weighted by atomic mass is 10.0. The maximum absolute atomic E-state index is 2.42. The van der Waals surface area contributed by atoms with E-state index in [4.69, 9.17) is 0 Å². The van der Waals surface area contributed by atoms with E-state index in [1.807, 2.05) is 0 Å². The molecular weight excluding hydrogens is 120 g/mol. The van der Waals surface area contributed by atoms with Gasteiger partial charge >= 0.3 is 0 Å². The summed E-state index contributed by atoms with van der Waals surface area (Å²) in [4.78, 5) is 0. The Kier molecular flexibility index (Phi) is 1.51. The first-order valence-corrected chi connectivity index (χ1v) is 4.83. The molecule has 2 aliphatic carbocycles. The van der Waals surface area contributed by atoms with Gasteiger partial charge in [-0.2, -0.15) is 0 Å². The summed E-state index contributed by atoms with van der Waals surface area (Å²) in [6.45, 7) is 4.75. The minimum Gasteiger partial charge on any atom is -0.0651 e. The predicted octanol–water partition coefficient (Wildman–Crippen LogP) is 3.08. The van der Waals surface area contributed by atoms with E-state index in [2.05, 4.69) is 13.8 Å². The van der Waals surface area contributed by atoms with Gasteiger partial charge in [-0.15, -0.1) is 0 Å². The van der Waals surface area contributed by atoms with Crippen molar-refractivity contribution in [3.8, 4) is 0 Å². The van der Waals surface area contributed by atoms with Crippen molar-refractivity contribution in [2.45, 2.75) is 39.5 Å². The van der Waals surface area contributed by atoms with Gasteiger partial charge < -0.3 is 0 Å². The van der Waals surface area contributed by atoms with Gasteiger partial charge in [0.1, 0.15) is 0 Å². The number of hydrogen-bond donors (Lipinski definition) is 0. The molecule has 0 radical (unpaired) electrons. The molecule has 0 aromatic rings. The third-order valence-electron chi connectivity index (χ3n) is 3.49. The Morgan fingerprint density at radius 1 is 1.40 bits per heavy atom. The predicted molar refractivity (Wildman–Crippen MR) is 43.8 cm³/mol. The van der Waals surface area contributed by atoms with Crippen LogP contribution in [-0.4, -0.2) is 0 Å². The Balaban J connectivity index is 1.77. The molecule has 2 rings (SSSR count). The normalized spacial score (nSPS) is 41.4. The number of rotatable bonds is 3. The highest BCUT2D eigenvalue weighted by molar-refractivity contribution is 4.98. The monoisotopic (exact) mass is 138 g/mol. The molecule has 58 valence electrons. The first-order valence-electron chi connectivity index (χ1n) is 4.83. The quantitative estimate of drug-likeness (QED) is 0.562. The van der Waals surface area contributed by atoms with Crippen molar-refractivity contribution < 1.29 is 0 Å². The summed E-state index contributed by atoms with van der Waals surface area (Å²) in [6, 6.07) is 0. The van der Waals surface area contributed by atoms with E-state index in [1.54, 1.807) is 19.3 Å². The Morgan fingerprint density at radius 2 is 2.10 bits per heavy atom. The molecule has 3 atom stereocenters. The van der Waals surface area contributed by atoms with E-state index in [9.17, 15) is 0 Å². The summed E-state index contributed by atoms with van der Waals surface area (Å²) in [5.74, 6) is 4.51. The zero-order chi connectivity index (χ0) is 7.14. The smallest absolute Gasteiger partial charge is 0.0352 e. The molecule has 0 heteroatoms. The lowest BCUT2D eigenvalue weighted by Gasteiger charge is -2.05. The van der Waals surface area contributed by atoms with Gasteiger partial charge in [-0.05, 0) is 42.9 Å². The number of hydrogen-bond acceptors (Lipinski definition) is 0. The van der Waals surface area contributed by atoms with Crippen LogP contribution in [0, 0.1) is 23.7 Å². The summed E-state index contributed by atoms with van der Waals surface area (Å²) in [7, 11) is 0. The second-order valence-electron chi connectivity index (χ2n) is 4.29. The molecular formula is C10H18. The standard InChI is InChI=1S/C10H18/c1-3-7(2)9-6-10(9)8-4-5-8/h7-10H,3-6H2,1-2H3. The van der Waals surface area contributed by atoms with Gasteiger partial charge in [0.05, 0.1) is 0 Å². The van der Waals surface area contributed by atoms with Gasteiger partial charge in [0, 0.05) is 0 Å². The van der Waals surface area contributed by atoms with Gasteiger partial charge in [0.2, 0.25) is 0 Å². The molecule has 0 N–H and O–H groups in total. The average molecular weight is 138 g/mol. The van der Waals surface area contributed by atoms with Gasteiger partial charge in [-0.3, -0.25) is 0 Å². The van der Waals surface area contributed by atoms with Crippen molar-refractivity contribution in [2.75, 3.05) is 0 Å². The highest BCUT2D eigenvalue weighted by atomic mass is 14.5. The van der Waals surface area contributed by atoms with E-state index in [0.29, 0.717) is 0 Å². The zero-order valence-corrected chi connectivity index (χ0v) is 7.14. The van der Waals surface area contributed by atoms with Gasteiger partial charge in [0.15, 0.2) is 0 Å². The van der Waals surface area contributed by atoms with Crippen LogP contribution in [0.1, 0.15) is 39.5 Å². The van der Waals surface area contributed by atoms with Crippen molar-refractivity contribution in [1.29, 1.82) is 0 Å². The SMILES string of the molecule is CCC(C)C1CC1C1CC1. The van der Waals surface area contributed by atoms with Gasteiger partial charge in [-0.1, -0.05) is 20.3 Å². The summed E-state index contributed by atoms with van der Waals surface area (Å²) in [5.41, 5.74) is 0. The molecule has 3 unspecified atom stereocenters. The Morgan fingerprint density at radius 3 is 2.60 bits per heavy atom. The van der Waals surface area contributed by atoms with Crippen LogP contribution < -0.4 is 0 Å². The van der Waals surface area contributed by atoms with Crippen LogP contribution in [0.4, 0.5) is 0 Å². The Labute approximate surface area is 64.0 Å². The zero-order valence-electron chi connectivity index (χ0n) is 7.14. The molecule has 0 heterocycles. The van der Waals surface area contributed by atoms with Crippen LogP contribution in [0.5, 0.6) is 0 Å². The molecule has 0 spiro atoms. The minimum absolute atomic E-state index is 1.02. The van der Waals surface area contributed by atoms with Crippen LogP contribution in [0.25, 0.3) is 0 Å². The lowest BCUT2D eigenvalue weighted by Crippen LogP contribution is -1.97. The Hall–Kier alpha value is 0. The molecule has 2 fully saturated rings. The van der Waals surface area contributed by atoms with Crippen LogP contribution in [0.3, 0.4) is 0 Å². The molecule has 0 aliphatic heterocycles. The highest BCUT2D eigenvalue weighted by Gasteiger charge is 2.48. The summed E-state index contributed by atoms with van der Waals surface area (Å²) < 4.78 is 0. The van der Waals surface area contributed by atoms with E-state index >= 15 is 0 Å². The van der Waals surface area contributed by atoms with Crippen molar-refractivity contribution in [1.82, 2.24) is 0 Å². The fourth-order valence-corrected chi connectivity index (χ4v) is 2.26. The van der Waals surface area contributed by atoms with Crippen LogP contribution >= 0.6 is 0 Å². The Bertz CT molecular complexity index is 124. The van der Waals surface area contributed by atoms with E-state index in [-0.39, 0.29) is 0 Å². The molecule has 0 bridgehead atoms. The van der Waals surface area contributed by atoms with E-state index in [1.165, 1.54) is 18.3 Å². The van der Waals surface area contributed by atoms with Crippen molar-refractivity contribution in [2.24, 2.45) is 23.7 Å². The molecule has 10 heavy (non-hydrogen) atoms. The topological polar surface area (TPSA) is 0 Å². The third kappa shape index (κ3) is 1.09. The molecule has 2 aliphatic rings. The van der Waals surface area contributed by atoms with Crippen LogP contribution in [0.2, 0.25) is 0 Å². The van der Waals surface area contributed by atoms with Gasteiger partial charge in [-0.25, -0.2) is 0 Å². The van der Waals surface area contributed by atoms with Crippen molar-refractivity contribution >= 4 is 0 Å². The molecule has 2 saturated carbocycles. The van der Waals surface area contributed by atoms with Crippen molar-refractivity contribution in [3.63, 3.8) is 0 Å². The van der Waals surface area contributed by atoms with E-state index in [0.717, 1.165) is 11.8 Å². The van der Waals surface area contributed by atoms with Crippen LogP contribution in [0.15, 0.2) is 0 Å². The first kappa shape index (κ1) is 6.69. The fourth-order valence-electron chi connectivity index (χ4n) is 2.26. The van der Waals surface area contributed by atoms with Crippen molar-refractivity contribution in [3.05, 3.63) is 0 Å². The lowest BCUT2D eigenvalue weighted by molar-refractivity contribution is 0.445. The minimum atomic E-state index is 1.02. The third-order valence-corrected chi connectivity index (χ3v) is 3.49. The summed E-state index contributed by atoms with van der Waals surface area (Å²) in [5, 5.41) is 0. The van der Waals surface area contributed by atoms with Gasteiger partial charge in [0.25, 0.3) is 0 Å².